The summed E-state index contributed by atoms with van der Waals surface area (Å²) in [5.41, 5.74) is 3.65. The second-order valence-electron chi connectivity index (χ2n) is 3.64. The SMILES string of the molecule is C1=NC=C2Cc3ncccc3NC2C1. The fourth-order valence-corrected chi connectivity index (χ4v) is 1.97. The minimum atomic E-state index is 0.434. The van der Waals surface area contributed by atoms with E-state index in [1.165, 1.54) is 11.3 Å². The summed E-state index contributed by atoms with van der Waals surface area (Å²) in [6.45, 7) is 0. The van der Waals surface area contributed by atoms with Gasteiger partial charge in [-0.3, -0.25) is 9.98 Å². The summed E-state index contributed by atoms with van der Waals surface area (Å²) in [7, 11) is 0. The minimum absolute atomic E-state index is 0.434. The first-order valence-corrected chi connectivity index (χ1v) is 4.84. The van der Waals surface area contributed by atoms with Crippen molar-refractivity contribution in [3.63, 3.8) is 0 Å². The van der Waals surface area contributed by atoms with Gasteiger partial charge < -0.3 is 5.32 Å². The van der Waals surface area contributed by atoms with Crippen molar-refractivity contribution in [1.29, 1.82) is 0 Å². The molecule has 0 bridgehead atoms. The van der Waals surface area contributed by atoms with E-state index in [9.17, 15) is 0 Å². The number of nitrogens with one attached hydrogen (secondary N) is 1. The first kappa shape index (κ1) is 7.74. The first-order chi connectivity index (χ1) is 6.93. The Morgan fingerprint density at radius 3 is 3.43 bits per heavy atom. The summed E-state index contributed by atoms with van der Waals surface area (Å²) in [6.07, 6.45) is 7.68. The smallest absolute Gasteiger partial charge is 0.0676 e. The molecule has 0 saturated heterocycles. The summed E-state index contributed by atoms with van der Waals surface area (Å²) in [6, 6.07) is 4.49. The third kappa shape index (κ3) is 1.13. The topological polar surface area (TPSA) is 37.3 Å². The van der Waals surface area contributed by atoms with Crippen LogP contribution in [0.4, 0.5) is 5.69 Å². The highest BCUT2D eigenvalue weighted by Crippen LogP contribution is 2.28. The van der Waals surface area contributed by atoms with Crippen LogP contribution < -0.4 is 5.32 Å². The standard InChI is InChI=1S/C11H11N3/c1-2-10-11(13-4-1)6-8-7-12-5-3-9(8)14-10/h1-2,4-5,7,9,14H,3,6H2. The molecule has 2 aliphatic heterocycles. The van der Waals surface area contributed by atoms with Crippen molar-refractivity contribution >= 4 is 11.9 Å². The molecule has 0 aromatic carbocycles. The molecular formula is C11H11N3. The molecule has 3 nitrogen and oxygen atoms in total. The molecule has 0 aliphatic carbocycles. The zero-order chi connectivity index (χ0) is 9.38. The Morgan fingerprint density at radius 1 is 1.43 bits per heavy atom. The molecule has 1 N–H and O–H groups in total. The Morgan fingerprint density at radius 2 is 2.43 bits per heavy atom. The summed E-state index contributed by atoms with van der Waals surface area (Å²) in [5, 5.41) is 3.48. The number of pyridine rings is 1. The lowest BCUT2D eigenvalue weighted by Gasteiger charge is -2.29. The molecule has 0 amide bonds. The molecular weight excluding hydrogens is 174 g/mol. The Hall–Kier alpha value is -1.64. The van der Waals surface area contributed by atoms with E-state index >= 15 is 0 Å². The summed E-state index contributed by atoms with van der Waals surface area (Å²) >= 11 is 0. The highest BCUT2D eigenvalue weighted by molar-refractivity contribution is 5.66. The van der Waals surface area contributed by atoms with Crippen LogP contribution in [0.5, 0.6) is 0 Å². The van der Waals surface area contributed by atoms with Crippen LogP contribution >= 0.6 is 0 Å². The van der Waals surface area contributed by atoms with Crippen molar-refractivity contribution in [3.05, 3.63) is 35.8 Å². The lowest BCUT2D eigenvalue weighted by atomic mass is 9.94. The van der Waals surface area contributed by atoms with Crippen LogP contribution in [0.2, 0.25) is 0 Å². The van der Waals surface area contributed by atoms with Crippen LogP contribution in [0.15, 0.2) is 35.1 Å². The van der Waals surface area contributed by atoms with Crippen molar-refractivity contribution in [1.82, 2.24) is 4.98 Å². The minimum Gasteiger partial charge on any atom is -0.377 e. The molecule has 1 atom stereocenters. The van der Waals surface area contributed by atoms with Gasteiger partial charge in [-0.15, -0.1) is 0 Å². The molecule has 0 spiro atoms. The Labute approximate surface area is 82.6 Å². The largest absolute Gasteiger partial charge is 0.377 e. The Bertz CT molecular complexity index is 420. The van der Waals surface area contributed by atoms with Crippen molar-refractivity contribution < 1.29 is 0 Å². The fraction of sp³-hybridized carbons (Fsp3) is 0.273. The van der Waals surface area contributed by atoms with Gasteiger partial charge in [-0.1, -0.05) is 0 Å². The van der Waals surface area contributed by atoms with Crippen molar-refractivity contribution in [2.24, 2.45) is 4.99 Å². The van der Waals surface area contributed by atoms with Gasteiger partial charge in [0.25, 0.3) is 0 Å². The monoisotopic (exact) mass is 185 g/mol. The number of aliphatic imine (C=N–C) groups is 1. The summed E-state index contributed by atoms with van der Waals surface area (Å²) in [4.78, 5) is 8.53. The molecule has 0 radical (unpaired) electrons. The molecule has 1 aromatic rings. The molecule has 0 saturated carbocycles. The summed E-state index contributed by atoms with van der Waals surface area (Å²) in [5.74, 6) is 0. The number of nitrogens with zero attached hydrogens (tertiary/aromatic N) is 2. The maximum Gasteiger partial charge on any atom is 0.0676 e. The van der Waals surface area contributed by atoms with Gasteiger partial charge in [-0.05, 0) is 17.7 Å². The van der Waals surface area contributed by atoms with E-state index in [0.29, 0.717) is 6.04 Å². The van der Waals surface area contributed by atoms with Crippen LogP contribution in [0.3, 0.4) is 0 Å². The number of hydrogen-bond donors (Lipinski definition) is 1. The van der Waals surface area contributed by atoms with Gasteiger partial charge in [-0.25, -0.2) is 0 Å². The van der Waals surface area contributed by atoms with E-state index in [0.717, 1.165) is 18.5 Å². The van der Waals surface area contributed by atoms with Gasteiger partial charge >= 0.3 is 0 Å². The average molecular weight is 185 g/mol. The quantitative estimate of drug-likeness (QED) is 0.669. The normalized spacial score (nSPS) is 23.1. The fourth-order valence-electron chi connectivity index (χ4n) is 1.97. The van der Waals surface area contributed by atoms with Gasteiger partial charge in [0.05, 0.1) is 17.4 Å². The maximum absolute atomic E-state index is 4.36. The van der Waals surface area contributed by atoms with E-state index < -0.39 is 0 Å². The lowest BCUT2D eigenvalue weighted by molar-refractivity contribution is 0.778. The first-order valence-electron chi connectivity index (χ1n) is 4.84. The zero-order valence-corrected chi connectivity index (χ0v) is 7.77. The molecule has 3 heteroatoms. The molecule has 14 heavy (non-hydrogen) atoms. The maximum atomic E-state index is 4.36. The van der Waals surface area contributed by atoms with Crippen LogP contribution in [-0.4, -0.2) is 17.2 Å². The predicted molar refractivity (Wildman–Crippen MR) is 56.5 cm³/mol. The third-order valence-electron chi connectivity index (χ3n) is 2.73. The molecule has 1 unspecified atom stereocenters. The Balaban J connectivity index is 2.03. The highest BCUT2D eigenvalue weighted by Gasteiger charge is 2.23. The van der Waals surface area contributed by atoms with Crippen molar-refractivity contribution in [3.8, 4) is 0 Å². The second kappa shape index (κ2) is 2.94. The van der Waals surface area contributed by atoms with Gasteiger partial charge in [-0.2, -0.15) is 0 Å². The molecule has 3 heterocycles. The molecule has 0 fully saturated rings. The van der Waals surface area contributed by atoms with Crippen LogP contribution in [0, 0.1) is 0 Å². The average Bonchev–Trinajstić information content (AvgIpc) is 2.26. The van der Waals surface area contributed by atoms with E-state index in [2.05, 4.69) is 21.4 Å². The lowest BCUT2D eigenvalue weighted by Crippen LogP contribution is -2.30. The molecule has 3 rings (SSSR count). The van der Waals surface area contributed by atoms with Gasteiger partial charge in [0.2, 0.25) is 0 Å². The number of anilines is 1. The molecule has 2 aliphatic rings. The van der Waals surface area contributed by atoms with Crippen LogP contribution in [0.25, 0.3) is 0 Å². The van der Waals surface area contributed by atoms with Crippen LogP contribution in [0.1, 0.15) is 12.1 Å². The molecule has 70 valence electrons. The third-order valence-corrected chi connectivity index (χ3v) is 2.73. The van der Waals surface area contributed by atoms with Gasteiger partial charge in [0, 0.05) is 31.5 Å². The van der Waals surface area contributed by atoms with E-state index in [4.69, 9.17) is 0 Å². The summed E-state index contributed by atoms with van der Waals surface area (Å²) < 4.78 is 0. The van der Waals surface area contributed by atoms with Gasteiger partial charge in [0.15, 0.2) is 0 Å². The van der Waals surface area contributed by atoms with Crippen molar-refractivity contribution in [2.75, 3.05) is 5.32 Å². The van der Waals surface area contributed by atoms with E-state index in [1.807, 2.05) is 24.7 Å². The van der Waals surface area contributed by atoms with Gasteiger partial charge in [0.1, 0.15) is 0 Å². The second-order valence-corrected chi connectivity index (χ2v) is 3.64. The van der Waals surface area contributed by atoms with Crippen molar-refractivity contribution in [2.45, 2.75) is 18.9 Å². The number of aromatic nitrogens is 1. The Kier molecular flexibility index (Phi) is 1.63. The zero-order valence-electron chi connectivity index (χ0n) is 7.77. The number of hydrogen-bond acceptors (Lipinski definition) is 3. The highest BCUT2D eigenvalue weighted by atomic mass is 15.0. The number of rotatable bonds is 0. The number of fused-ring (bicyclic) bond motifs is 2. The van der Waals surface area contributed by atoms with E-state index in [-0.39, 0.29) is 0 Å². The van der Waals surface area contributed by atoms with E-state index in [1.54, 1.807) is 0 Å². The predicted octanol–water partition coefficient (Wildman–Crippen LogP) is 1.78. The molecule has 1 aromatic heterocycles. The van der Waals surface area contributed by atoms with Crippen LogP contribution in [-0.2, 0) is 6.42 Å².